The molecule has 0 radical (unpaired) electrons. The molecule has 0 aliphatic heterocycles. The van der Waals surface area contributed by atoms with Crippen LogP contribution in [-0.2, 0) is 20.7 Å². The van der Waals surface area contributed by atoms with Gasteiger partial charge in [0.05, 0.1) is 13.0 Å². The largest absolute Gasteiger partial charge is 0.486 e. The Balaban J connectivity index is 2.89. The van der Waals surface area contributed by atoms with E-state index in [4.69, 9.17) is 37.4 Å². The van der Waals surface area contributed by atoms with E-state index in [1.165, 1.54) is 6.08 Å². The van der Waals surface area contributed by atoms with Crippen LogP contribution in [-0.4, -0.2) is 49.7 Å². The summed E-state index contributed by atoms with van der Waals surface area (Å²) >= 11 is 11.2. The smallest absolute Gasteiger partial charge is 0.310 e. The SMILES string of the molecule is CCCOC(=O)Cc1ccc(OCC(=O)N(CC)CC)c(OCC=C(Cl)Cl)c1. The molecule has 0 fully saturated rings. The molecule has 1 aromatic rings. The first-order chi connectivity index (χ1) is 13.4. The Morgan fingerprint density at radius 1 is 1.07 bits per heavy atom. The van der Waals surface area contributed by atoms with Crippen molar-refractivity contribution in [2.24, 2.45) is 0 Å². The normalized spacial score (nSPS) is 10.2. The predicted octanol–water partition coefficient (Wildman–Crippen LogP) is 4.13. The number of carbonyl (C=O) groups is 2. The minimum atomic E-state index is -0.318. The fourth-order valence-electron chi connectivity index (χ4n) is 2.33. The van der Waals surface area contributed by atoms with E-state index in [9.17, 15) is 9.59 Å². The highest BCUT2D eigenvalue weighted by Gasteiger charge is 2.14. The van der Waals surface area contributed by atoms with Gasteiger partial charge >= 0.3 is 5.97 Å². The molecule has 0 N–H and O–H groups in total. The molecule has 0 aliphatic rings. The molecule has 0 spiro atoms. The van der Waals surface area contributed by atoms with Crippen molar-refractivity contribution in [3.8, 4) is 11.5 Å². The van der Waals surface area contributed by atoms with E-state index in [-0.39, 0.29) is 36.0 Å². The summed E-state index contributed by atoms with van der Waals surface area (Å²) in [6.07, 6.45) is 2.36. The topological polar surface area (TPSA) is 65.1 Å². The van der Waals surface area contributed by atoms with Gasteiger partial charge in [0.1, 0.15) is 11.1 Å². The van der Waals surface area contributed by atoms with E-state index in [1.807, 2.05) is 20.8 Å². The van der Waals surface area contributed by atoms with Gasteiger partial charge in [-0.2, -0.15) is 0 Å². The molecule has 0 aliphatic carbocycles. The average molecular weight is 432 g/mol. The summed E-state index contributed by atoms with van der Waals surface area (Å²) in [7, 11) is 0. The number of esters is 1. The quantitative estimate of drug-likeness (QED) is 0.465. The number of nitrogens with zero attached hydrogens (tertiary/aromatic N) is 1. The maximum absolute atomic E-state index is 12.2. The van der Waals surface area contributed by atoms with Crippen molar-refractivity contribution >= 4 is 35.1 Å². The summed E-state index contributed by atoms with van der Waals surface area (Å²) in [5.74, 6) is 0.345. The minimum Gasteiger partial charge on any atom is -0.486 e. The molecule has 6 nitrogen and oxygen atoms in total. The van der Waals surface area contributed by atoms with E-state index in [0.717, 1.165) is 6.42 Å². The Morgan fingerprint density at radius 2 is 1.79 bits per heavy atom. The first-order valence-corrected chi connectivity index (χ1v) is 9.99. The zero-order valence-electron chi connectivity index (χ0n) is 16.5. The number of amides is 1. The standard InChI is InChI=1S/C20H27Cl2NO5/c1-4-10-27-20(25)13-15-7-8-16(17(12-15)26-11-9-18(21)22)28-14-19(24)23(5-2)6-3/h7-9,12H,4-6,10-11,13-14H2,1-3H3. The molecule has 0 unspecified atom stereocenters. The number of hydrogen-bond acceptors (Lipinski definition) is 5. The van der Waals surface area contributed by atoms with Crippen LogP contribution in [0.1, 0.15) is 32.8 Å². The molecule has 1 amide bonds. The summed E-state index contributed by atoms with van der Waals surface area (Å²) < 4.78 is 16.5. The first kappa shape index (κ1) is 24.1. The first-order valence-electron chi connectivity index (χ1n) is 9.24. The van der Waals surface area contributed by atoms with Crippen LogP contribution in [0.25, 0.3) is 0 Å². The monoisotopic (exact) mass is 431 g/mol. The number of likely N-dealkylation sites (N-methyl/N-ethyl adjacent to an activating group) is 1. The van der Waals surface area contributed by atoms with Gasteiger partial charge in [-0.05, 0) is 44.0 Å². The van der Waals surface area contributed by atoms with E-state index >= 15 is 0 Å². The lowest BCUT2D eigenvalue weighted by Gasteiger charge is -2.19. The van der Waals surface area contributed by atoms with Crippen molar-refractivity contribution in [3.05, 3.63) is 34.3 Å². The Labute approximate surface area is 176 Å². The fraction of sp³-hybridized carbons (Fsp3) is 0.500. The summed E-state index contributed by atoms with van der Waals surface area (Å²) in [6, 6.07) is 5.08. The third-order valence-corrected chi connectivity index (χ3v) is 4.08. The van der Waals surface area contributed by atoms with E-state index in [1.54, 1.807) is 23.1 Å². The van der Waals surface area contributed by atoms with Crippen LogP contribution >= 0.6 is 23.2 Å². The maximum Gasteiger partial charge on any atom is 0.310 e. The van der Waals surface area contributed by atoms with Crippen molar-refractivity contribution < 1.29 is 23.8 Å². The van der Waals surface area contributed by atoms with Gasteiger partial charge in [0.2, 0.25) is 0 Å². The van der Waals surface area contributed by atoms with Crippen molar-refractivity contribution in [2.75, 3.05) is 32.9 Å². The van der Waals surface area contributed by atoms with E-state index in [2.05, 4.69) is 0 Å². The second-order valence-electron chi connectivity index (χ2n) is 5.84. The molecule has 1 rings (SSSR count). The molecule has 8 heteroatoms. The second kappa shape index (κ2) is 13.3. The van der Waals surface area contributed by atoms with E-state index in [0.29, 0.717) is 36.8 Å². The van der Waals surface area contributed by atoms with Gasteiger partial charge in [0.25, 0.3) is 5.91 Å². The molecule has 0 saturated heterocycles. The molecule has 0 saturated carbocycles. The lowest BCUT2D eigenvalue weighted by Crippen LogP contribution is -2.34. The van der Waals surface area contributed by atoms with Crippen molar-refractivity contribution in [1.29, 1.82) is 0 Å². The Bertz CT molecular complexity index is 671. The minimum absolute atomic E-state index is 0.0819. The molecule has 0 aromatic heterocycles. The van der Waals surface area contributed by atoms with Crippen molar-refractivity contribution in [3.63, 3.8) is 0 Å². The van der Waals surface area contributed by atoms with Gasteiger partial charge in [-0.1, -0.05) is 36.2 Å². The van der Waals surface area contributed by atoms with Gasteiger partial charge < -0.3 is 19.1 Å². The number of benzene rings is 1. The number of ether oxygens (including phenoxy) is 3. The zero-order chi connectivity index (χ0) is 20.9. The van der Waals surface area contributed by atoms with Gasteiger partial charge in [0, 0.05) is 13.1 Å². The molecule has 0 heterocycles. The fourth-order valence-corrected chi connectivity index (χ4v) is 2.46. The molecule has 1 aromatic carbocycles. The number of halogens is 2. The Hall–Kier alpha value is -1.92. The third kappa shape index (κ3) is 8.85. The highest BCUT2D eigenvalue weighted by Crippen LogP contribution is 2.29. The predicted molar refractivity (Wildman–Crippen MR) is 110 cm³/mol. The molecule has 156 valence electrons. The third-order valence-electron chi connectivity index (χ3n) is 3.77. The molecular weight excluding hydrogens is 405 g/mol. The summed E-state index contributed by atoms with van der Waals surface area (Å²) in [5.41, 5.74) is 0.708. The molecule has 0 bridgehead atoms. The summed E-state index contributed by atoms with van der Waals surface area (Å²) in [6.45, 7) is 7.36. The Kier molecular flexibility index (Phi) is 11.4. The van der Waals surface area contributed by atoms with Crippen LogP contribution in [0.4, 0.5) is 0 Å². The van der Waals surface area contributed by atoms with Crippen LogP contribution in [0, 0.1) is 0 Å². The molecule has 28 heavy (non-hydrogen) atoms. The maximum atomic E-state index is 12.2. The highest BCUT2D eigenvalue weighted by atomic mass is 35.5. The summed E-state index contributed by atoms with van der Waals surface area (Å²) in [5, 5.41) is 0. The molecule has 0 atom stereocenters. The lowest BCUT2D eigenvalue weighted by molar-refractivity contribution is -0.142. The van der Waals surface area contributed by atoms with Gasteiger partial charge in [-0.25, -0.2) is 0 Å². The lowest BCUT2D eigenvalue weighted by atomic mass is 10.1. The van der Waals surface area contributed by atoms with Crippen molar-refractivity contribution in [1.82, 2.24) is 4.90 Å². The highest BCUT2D eigenvalue weighted by molar-refractivity contribution is 6.55. The molecular formula is C20H27Cl2NO5. The number of hydrogen-bond donors (Lipinski definition) is 0. The van der Waals surface area contributed by atoms with Crippen LogP contribution in [0.15, 0.2) is 28.8 Å². The zero-order valence-corrected chi connectivity index (χ0v) is 18.0. The summed E-state index contributed by atoms with van der Waals surface area (Å²) in [4.78, 5) is 25.7. The van der Waals surface area contributed by atoms with Crippen LogP contribution in [0.2, 0.25) is 0 Å². The van der Waals surface area contributed by atoms with Crippen LogP contribution in [0.3, 0.4) is 0 Å². The second-order valence-corrected chi connectivity index (χ2v) is 6.85. The van der Waals surface area contributed by atoms with Crippen molar-refractivity contribution in [2.45, 2.75) is 33.6 Å². The number of carbonyl (C=O) groups excluding carboxylic acids is 2. The van der Waals surface area contributed by atoms with Crippen LogP contribution in [0.5, 0.6) is 11.5 Å². The van der Waals surface area contributed by atoms with E-state index < -0.39 is 0 Å². The van der Waals surface area contributed by atoms with Crippen LogP contribution < -0.4 is 9.47 Å². The number of rotatable bonds is 12. The Morgan fingerprint density at radius 3 is 2.39 bits per heavy atom. The average Bonchev–Trinajstić information content (AvgIpc) is 2.66. The van der Waals surface area contributed by atoms with Gasteiger partial charge in [-0.3, -0.25) is 9.59 Å². The van der Waals surface area contributed by atoms with Gasteiger partial charge in [-0.15, -0.1) is 0 Å². The van der Waals surface area contributed by atoms with Gasteiger partial charge in [0.15, 0.2) is 18.1 Å².